The van der Waals surface area contributed by atoms with Crippen molar-refractivity contribution in [2.45, 2.75) is 65.7 Å². The first kappa shape index (κ1) is 40.6. The first-order valence-electron chi connectivity index (χ1n) is 19.1. The average molecular weight is 766 g/mol. The number of carbonyl (C=O) groups is 4. The van der Waals surface area contributed by atoms with Crippen LogP contribution in [0.5, 0.6) is 0 Å². The van der Waals surface area contributed by atoms with Gasteiger partial charge in [0, 0.05) is 63.4 Å². The van der Waals surface area contributed by atoms with Crippen LogP contribution < -0.4 is 14.7 Å². The minimum Gasteiger partial charge on any atom is -0.460 e. The van der Waals surface area contributed by atoms with Gasteiger partial charge in [-0.05, 0) is 83.7 Å². The molecule has 0 unspecified atom stereocenters. The van der Waals surface area contributed by atoms with Gasteiger partial charge in [-0.25, -0.2) is 19.2 Å². The molecule has 0 amide bonds. The van der Waals surface area contributed by atoms with Gasteiger partial charge in [-0.3, -0.25) is 0 Å². The third-order valence-electron chi connectivity index (χ3n) is 9.14. The van der Waals surface area contributed by atoms with Crippen LogP contribution in [0.1, 0.15) is 114 Å². The molecule has 1 fully saturated rings. The number of esters is 4. The molecule has 4 aromatic heterocycles. The summed E-state index contributed by atoms with van der Waals surface area (Å²) in [5.74, 6) is 0.547. The van der Waals surface area contributed by atoms with Gasteiger partial charge in [0.2, 0.25) is 23.0 Å². The van der Waals surface area contributed by atoms with Gasteiger partial charge in [0.1, 0.15) is 5.76 Å². The van der Waals surface area contributed by atoms with E-state index in [1.54, 1.807) is 70.2 Å². The molecule has 0 saturated carbocycles. The summed E-state index contributed by atoms with van der Waals surface area (Å²) in [6, 6.07) is 13.6. The van der Waals surface area contributed by atoms with Crippen LogP contribution in [0.15, 0.2) is 66.2 Å². The second kappa shape index (κ2) is 20.2. The summed E-state index contributed by atoms with van der Waals surface area (Å²) in [7, 11) is 0. The van der Waals surface area contributed by atoms with Crippen molar-refractivity contribution in [3.63, 3.8) is 0 Å². The summed E-state index contributed by atoms with van der Waals surface area (Å²) < 4.78 is 44.8. The van der Waals surface area contributed by atoms with E-state index in [1.165, 1.54) is 0 Å². The number of carbonyl (C=O) groups excluding carboxylic acids is 4. The van der Waals surface area contributed by atoms with Crippen molar-refractivity contribution in [1.29, 1.82) is 0 Å². The number of ether oxygens (including phenoxy) is 4. The summed E-state index contributed by atoms with van der Waals surface area (Å²) in [4.78, 5) is 56.2. The zero-order chi connectivity index (χ0) is 39.2. The van der Waals surface area contributed by atoms with E-state index in [4.69, 9.17) is 36.6 Å². The topological polar surface area (TPSA) is 167 Å². The molecular formula is C40H51N3O12. The van der Waals surface area contributed by atoms with Gasteiger partial charge < -0.3 is 51.3 Å². The molecule has 15 heteroatoms. The third-order valence-corrected chi connectivity index (χ3v) is 9.14. The minimum absolute atomic E-state index is 0.00948. The third kappa shape index (κ3) is 11.0. The molecule has 5 rings (SSSR count). The maximum atomic E-state index is 12.5. The fraction of sp³-hybridized carbons (Fsp3) is 0.500. The molecule has 298 valence electrons. The van der Waals surface area contributed by atoms with Gasteiger partial charge in [-0.2, -0.15) is 0 Å². The van der Waals surface area contributed by atoms with E-state index < -0.39 is 23.9 Å². The Labute approximate surface area is 320 Å². The summed E-state index contributed by atoms with van der Waals surface area (Å²) in [6.45, 7) is 10.9. The number of furan rings is 4. The molecule has 0 spiro atoms. The quantitative estimate of drug-likeness (QED) is 0.104. The first-order valence-corrected chi connectivity index (χ1v) is 19.1. The van der Waals surface area contributed by atoms with E-state index in [0.29, 0.717) is 62.7 Å². The van der Waals surface area contributed by atoms with Crippen LogP contribution in [-0.4, -0.2) is 89.6 Å². The molecule has 1 aliphatic heterocycles. The van der Waals surface area contributed by atoms with Crippen molar-refractivity contribution in [2.24, 2.45) is 0 Å². The number of nitrogens with zero attached hydrogens (tertiary/aromatic N) is 3. The Morgan fingerprint density at radius 2 is 0.818 bits per heavy atom. The fourth-order valence-corrected chi connectivity index (χ4v) is 6.44. The van der Waals surface area contributed by atoms with Gasteiger partial charge in [-0.1, -0.05) is 6.42 Å². The Bertz CT molecular complexity index is 1840. The molecule has 55 heavy (non-hydrogen) atoms. The molecule has 0 N–H and O–H groups in total. The van der Waals surface area contributed by atoms with E-state index in [9.17, 15) is 19.2 Å². The van der Waals surface area contributed by atoms with Gasteiger partial charge >= 0.3 is 23.9 Å². The molecule has 0 aromatic carbocycles. The van der Waals surface area contributed by atoms with Crippen molar-refractivity contribution < 1.29 is 55.8 Å². The zero-order valence-corrected chi connectivity index (χ0v) is 32.0. The van der Waals surface area contributed by atoms with Crippen LogP contribution in [0.2, 0.25) is 0 Å². The largest absolute Gasteiger partial charge is 0.460 e. The lowest BCUT2D eigenvalue weighted by molar-refractivity contribution is 0.0479. The Hall–Kier alpha value is -5.60. The molecule has 1 aliphatic rings. The number of rotatable bonds is 12. The Balaban J connectivity index is 1.46. The lowest BCUT2D eigenvalue weighted by Crippen LogP contribution is -2.40. The van der Waals surface area contributed by atoms with Gasteiger partial charge in [0.15, 0.2) is 17.7 Å². The van der Waals surface area contributed by atoms with Crippen LogP contribution in [0, 0.1) is 0 Å². The summed E-state index contributed by atoms with van der Waals surface area (Å²) in [5.41, 5.74) is 0. The van der Waals surface area contributed by atoms with Crippen LogP contribution >= 0.6 is 0 Å². The van der Waals surface area contributed by atoms with Gasteiger partial charge in [0.05, 0.1) is 26.4 Å². The highest BCUT2D eigenvalue weighted by atomic mass is 16.6. The van der Waals surface area contributed by atoms with Crippen molar-refractivity contribution >= 4 is 41.5 Å². The second-order valence-corrected chi connectivity index (χ2v) is 12.8. The molecule has 0 bridgehead atoms. The minimum atomic E-state index is -0.556. The van der Waals surface area contributed by atoms with E-state index >= 15 is 0 Å². The van der Waals surface area contributed by atoms with Crippen molar-refractivity contribution in [3.8, 4) is 0 Å². The monoisotopic (exact) mass is 765 g/mol. The maximum Gasteiger partial charge on any atom is 0.374 e. The van der Waals surface area contributed by atoms with E-state index in [-0.39, 0.29) is 55.4 Å². The maximum absolute atomic E-state index is 12.5. The number of anilines is 3. The van der Waals surface area contributed by atoms with Crippen LogP contribution in [0.3, 0.4) is 0 Å². The predicted octanol–water partition coefficient (Wildman–Crippen LogP) is 7.33. The van der Waals surface area contributed by atoms with E-state index in [2.05, 4.69) is 9.80 Å². The molecule has 15 nitrogen and oxygen atoms in total. The van der Waals surface area contributed by atoms with Crippen molar-refractivity contribution in [3.05, 3.63) is 77.3 Å². The van der Waals surface area contributed by atoms with Crippen LogP contribution in [0.4, 0.5) is 17.7 Å². The molecular weight excluding hydrogens is 714 g/mol. The molecule has 1 atom stereocenters. The Kier molecular flexibility index (Phi) is 14.9. The highest BCUT2D eigenvalue weighted by Gasteiger charge is 2.25. The molecule has 0 aliphatic carbocycles. The SMILES string of the molecule is CCOC(=O)c1ccc([C@H]2CCCCN(c3ccc(C(=O)OCC)o3)CCN(c3ccc(C(=O)OCC)o3)CCN(c3ccc(C(=O)OCC)o3)CCC2)o1. The Morgan fingerprint density at radius 3 is 1.24 bits per heavy atom. The van der Waals surface area contributed by atoms with Crippen LogP contribution in [-0.2, 0) is 18.9 Å². The number of hydrogen-bond donors (Lipinski definition) is 0. The summed E-state index contributed by atoms with van der Waals surface area (Å²) in [5, 5.41) is 0. The molecule has 0 radical (unpaired) electrons. The molecule has 4 aromatic rings. The molecule has 5 heterocycles. The highest BCUT2D eigenvalue weighted by Crippen LogP contribution is 2.31. The van der Waals surface area contributed by atoms with Crippen LogP contribution in [0.25, 0.3) is 0 Å². The lowest BCUT2D eigenvalue weighted by atomic mass is 9.94. The van der Waals surface area contributed by atoms with Gasteiger partial charge in [0.25, 0.3) is 0 Å². The molecule has 1 saturated heterocycles. The normalized spacial score (nSPS) is 16.2. The summed E-state index contributed by atoms with van der Waals surface area (Å²) in [6.07, 6.45) is 3.89. The fourth-order valence-electron chi connectivity index (χ4n) is 6.44. The Morgan fingerprint density at radius 1 is 0.473 bits per heavy atom. The zero-order valence-electron chi connectivity index (χ0n) is 32.0. The smallest absolute Gasteiger partial charge is 0.374 e. The predicted molar refractivity (Wildman–Crippen MR) is 201 cm³/mol. The summed E-state index contributed by atoms with van der Waals surface area (Å²) >= 11 is 0. The van der Waals surface area contributed by atoms with E-state index in [1.807, 2.05) is 11.0 Å². The average Bonchev–Trinajstić information content (AvgIpc) is 4.01. The highest BCUT2D eigenvalue weighted by molar-refractivity contribution is 5.88. The second-order valence-electron chi connectivity index (χ2n) is 12.8. The van der Waals surface area contributed by atoms with Crippen molar-refractivity contribution in [2.75, 3.05) is 80.4 Å². The standard InChI is InChI=1S/C40H51N3O12/c1-5-48-37(44)30-15-14-29(52-30)28-12-9-10-22-41(34-19-16-31(53-34)38(45)49-6-2)24-26-43(36-21-18-33(55-36)40(47)51-8-4)27-25-42(23-11-13-28)35-20-17-32(54-35)39(46)50-7-3/h14-21,28H,5-13,22-27H2,1-4H3/t28-/m0/s1. The van der Waals surface area contributed by atoms with Crippen molar-refractivity contribution in [1.82, 2.24) is 0 Å². The lowest BCUT2D eigenvalue weighted by Gasteiger charge is -2.30. The van der Waals surface area contributed by atoms with Gasteiger partial charge in [-0.15, -0.1) is 0 Å². The first-order chi connectivity index (χ1) is 26.7. The van der Waals surface area contributed by atoms with E-state index in [0.717, 1.165) is 32.1 Å². The number of hydrogen-bond acceptors (Lipinski definition) is 15.